The van der Waals surface area contributed by atoms with Gasteiger partial charge in [-0.05, 0) is 12.1 Å². The van der Waals surface area contributed by atoms with Gasteiger partial charge in [0.25, 0.3) is 0 Å². The monoisotopic (exact) mass is 260 g/mol. The Morgan fingerprint density at radius 3 is 1.94 bits per heavy atom. The Morgan fingerprint density at radius 1 is 1.12 bits per heavy atom. The molecule has 0 amide bonds. The molecule has 0 saturated carbocycles. The summed E-state index contributed by atoms with van der Waals surface area (Å²) >= 11 is 0. The molecule has 0 atom stereocenters. The molecule has 0 aromatic heterocycles. The van der Waals surface area contributed by atoms with Crippen LogP contribution in [0.4, 0.5) is 13.2 Å². The molecule has 0 unspecified atom stereocenters. The van der Waals surface area contributed by atoms with Gasteiger partial charge in [0.1, 0.15) is 0 Å². The van der Waals surface area contributed by atoms with Crippen LogP contribution in [0.3, 0.4) is 0 Å². The van der Waals surface area contributed by atoms with Gasteiger partial charge in [-0.25, -0.2) is 13.2 Å². The minimum absolute atomic E-state index is 0. The van der Waals surface area contributed by atoms with Crippen molar-refractivity contribution in [2.45, 2.75) is 0 Å². The first-order chi connectivity index (χ1) is 6.90. The number of hydrogen-bond acceptors (Lipinski definition) is 3. The summed E-state index contributed by atoms with van der Waals surface area (Å²) in [6.45, 7) is 3.23. The van der Waals surface area contributed by atoms with E-state index in [9.17, 15) is 13.2 Å². The average molecular weight is 260 g/mol. The van der Waals surface area contributed by atoms with Crippen LogP contribution in [-0.4, -0.2) is 22.4 Å². The number of hydrogen-bond donors (Lipinski definition) is 3. The molecule has 3 N–H and O–H groups in total. The van der Waals surface area contributed by atoms with Gasteiger partial charge >= 0.3 is 58.7 Å². The van der Waals surface area contributed by atoms with E-state index in [1.165, 1.54) is 0 Å². The average Bonchev–Trinajstić information content (AvgIpc) is 2.14. The zero-order valence-electron chi connectivity index (χ0n) is 9.49. The van der Waals surface area contributed by atoms with Crippen LogP contribution >= 0.6 is 0 Å². The van der Waals surface area contributed by atoms with E-state index in [1.54, 1.807) is 0 Å². The predicted molar refractivity (Wildman–Crippen MR) is 49.9 cm³/mol. The molecular weight excluding hydrogens is 251 g/mol. The van der Waals surface area contributed by atoms with Crippen molar-refractivity contribution in [2.75, 3.05) is 0 Å². The molecule has 0 aliphatic heterocycles. The van der Waals surface area contributed by atoms with Crippen molar-refractivity contribution in [2.24, 2.45) is 0 Å². The fourth-order valence-corrected chi connectivity index (χ4v) is 0.698. The molecule has 0 aliphatic carbocycles. The van der Waals surface area contributed by atoms with Crippen molar-refractivity contribution in [3.63, 3.8) is 0 Å². The van der Waals surface area contributed by atoms with E-state index in [1.807, 2.05) is 0 Å². The largest absolute Gasteiger partial charge is 1.00 e. The van der Waals surface area contributed by atoms with Gasteiger partial charge in [-0.2, -0.15) is 0 Å². The second kappa shape index (κ2) is 9.37. The van der Waals surface area contributed by atoms with Crippen LogP contribution < -0.4 is 51.4 Å². The maximum Gasteiger partial charge on any atom is 1.00 e. The van der Waals surface area contributed by atoms with E-state index < -0.39 is 24.8 Å². The van der Waals surface area contributed by atoms with Gasteiger partial charge < -0.3 is 16.5 Å². The van der Waals surface area contributed by atoms with Gasteiger partial charge in [-0.15, -0.1) is 0 Å². The maximum atomic E-state index is 12.6. The van der Waals surface area contributed by atoms with Gasteiger partial charge in [0.15, 0.2) is 17.5 Å². The Morgan fingerprint density at radius 2 is 1.56 bits per heavy atom. The molecule has 1 aromatic rings. The van der Waals surface area contributed by atoms with Crippen molar-refractivity contribution >= 4 is 13.4 Å². The van der Waals surface area contributed by atoms with Crippen molar-refractivity contribution in [3.8, 4) is 0 Å². The fraction of sp³-hybridized carbons (Fsp3) is 0. The van der Waals surface area contributed by atoms with Crippen molar-refractivity contribution < 1.29 is 81.1 Å². The SMILES string of the molecule is C=Cc1ccc(F)c(F)c1F.OB(O)O.[H-].[K+]. The molecule has 3 nitrogen and oxygen atoms in total. The number of benzene rings is 1. The molecule has 0 spiro atoms. The summed E-state index contributed by atoms with van der Waals surface area (Å²) in [5.41, 5.74) is -0.0381. The number of halogens is 3. The predicted octanol–water partition coefficient (Wildman–Crippen LogP) is -2.19. The molecule has 1 aromatic carbocycles. The molecule has 8 heteroatoms. The van der Waals surface area contributed by atoms with Crippen molar-refractivity contribution in [1.82, 2.24) is 0 Å². The molecule has 16 heavy (non-hydrogen) atoms. The van der Waals surface area contributed by atoms with Crippen molar-refractivity contribution in [3.05, 3.63) is 41.7 Å². The Hall–Kier alpha value is 0.331. The molecular formula is C8H9BF3KO3. The van der Waals surface area contributed by atoms with Crippen LogP contribution in [-0.2, 0) is 0 Å². The van der Waals surface area contributed by atoms with Crippen LogP contribution in [0.25, 0.3) is 6.08 Å². The van der Waals surface area contributed by atoms with Crippen LogP contribution in [0, 0.1) is 17.5 Å². The second-order valence-electron chi connectivity index (χ2n) is 2.32. The summed E-state index contributed by atoms with van der Waals surface area (Å²) in [5.74, 6) is -3.84. The van der Waals surface area contributed by atoms with Crippen molar-refractivity contribution in [1.29, 1.82) is 0 Å². The standard InChI is InChI=1S/C8H5F3.BH3O3.K.H/c1-2-5-3-4-6(9)8(11)7(5)10;2-1(3)4;;/h2-4H,1H2;2-4H;;/q;;+1;-1. The zero-order chi connectivity index (χ0) is 12.0. The third kappa shape index (κ3) is 6.82. The fourth-order valence-electron chi connectivity index (χ4n) is 0.698. The summed E-state index contributed by atoms with van der Waals surface area (Å²) in [6.07, 6.45) is 1.12. The topological polar surface area (TPSA) is 60.7 Å². The third-order valence-corrected chi connectivity index (χ3v) is 1.28. The molecule has 84 valence electrons. The molecule has 0 aliphatic rings. The smallest absolute Gasteiger partial charge is 1.00 e. The van der Waals surface area contributed by atoms with Crippen LogP contribution in [0.2, 0.25) is 0 Å². The first-order valence-electron chi connectivity index (χ1n) is 3.70. The van der Waals surface area contributed by atoms with Gasteiger partial charge in [0, 0.05) is 5.56 Å². The summed E-state index contributed by atoms with van der Waals surface area (Å²) < 4.78 is 37.2. The molecule has 0 heterocycles. The summed E-state index contributed by atoms with van der Waals surface area (Å²) in [5, 5.41) is 21.5. The van der Waals surface area contributed by atoms with Gasteiger partial charge in [0.05, 0.1) is 0 Å². The molecule has 0 saturated heterocycles. The summed E-state index contributed by atoms with van der Waals surface area (Å²) in [4.78, 5) is 0. The van der Waals surface area contributed by atoms with Crippen LogP contribution in [0.5, 0.6) is 0 Å². The van der Waals surface area contributed by atoms with Crippen LogP contribution in [0.1, 0.15) is 6.99 Å². The Labute approximate surface area is 135 Å². The first kappa shape index (κ1) is 18.7. The second-order valence-corrected chi connectivity index (χ2v) is 2.32. The van der Waals surface area contributed by atoms with Gasteiger partial charge in [-0.3, -0.25) is 0 Å². The normalized spacial score (nSPS) is 8.38. The van der Waals surface area contributed by atoms with Gasteiger partial charge in [0.2, 0.25) is 0 Å². The molecule has 0 fully saturated rings. The Kier molecular flexibility index (Phi) is 10.9. The van der Waals surface area contributed by atoms with E-state index in [2.05, 4.69) is 6.58 Å². The summed E-state index contributed by atoms with van der Waals surface area (Å²) in [7, 11) is -2.17. The van der Waals surface area contributed by atoms with E-state index in [0.717, 1.165) is 18.2 Å². The van der Waals surface area contributed by atoms with Crippen LogP contribution in [0.15, 0.2) is 18.7 Å². The molecule has 0 radical (unpaired) electrons. The quantitative estimate of drug-likeness (QED) is 0.397. The zero-order valence-corrected chi connectivity index (χ0v) is 11.6. The first-order valence-corrected chi connectivity index (χ1v) is 3.70. The minimum atomic E-state index is -2.17. The summed E-state index contributed by atoms with van der Waals surface area (Å²) in [6, 6.07) is 1.98. The molecule has 1 rings (SSSR count). The Bertz CT molecular complexity index is 352. The minimum Gasteiger partial charge on any atom is -1.00 e. The van der Waals surface area contributed by atoms with E-state index in [-0.39, 0.29) is 58.4 Å². The number of rotatable bonds is 1. The molecule has 0 bridgehead atoms. The Balaban J connectivity index is -0.000000289. The third-order valence-electron chi connectivity index (χ3n) is 1.28. The van der Waals surface area contributed by atoms with E-state index in [4.69, 9.17) is 15.1 Å². The van der Waals surface area contributed by atoms with Gasteiger partial charge in [-0.1, -0.05) is 12.7 Å². The van der Waals surface area contributed by atoms with E-state index in [0.29, 0.717) is 0 Å². The maximum absolute atomic E-state index is 12.6. The van der Waals surface area contributed by atoms with E-state index >= 15 is 0 Å².